The lowest BCUT2D eigenvalue weighted by atomic mass is 10.2. The minimum atomic E-state index is -2.87. The Morgan fingerprint density at radius 2 is 2.00 bits per heavy atom. The van der Waals surface area contributed by atoms with Crippen LogP contribution in [-0.4, -0.2) is 44.2 Å². The minimum Gasteiger partial charge on any atom is -0.392 e. The molecule has 5 heteroatoms. The van der Waals surface area contributed by atoms with Crippen LogP contribution in [0.4, 0.5) is 0 Å². The zero-order chi connectivity index (χ0) is 11.7. The Bertz CT molecular complexity index is 239. The number of hydrogen-bond acceptors (Lipinski definition) is 4. The first kappa shape index (κ1) is 14.9. The third kappa shape index (κ3) is 8.84. The van der Waals surface area contributed by atoms with Gasteiger partial charge in [-0.1, -0.05) is 13.8 Å². The topological polar surface area (TPSA) is 66.4 Å². The molecule has 0 fully saturated rings. The molecule has 0 amide bonds. The highest BCUT2D eigenvalue weighted by Gasteiger charge is 2.09. The first-order chi connectivity index (χ1) is 7.02. The molecule has 1 atom stereocenters. The maximum atomic E-state index is 11.1. The van der Waals surface area contributed by atoms with E-state index in [1.54, 1.807) is 6.92 Å². The van der Waals surface area contributed by atoms with Gasteiger partial charge in [0.1, 0.15) is 9.84 Å². The van der Waals surface area contributed by atoms with Crippen LogP contribution in [-0.2, 0) is 9.84 Å². The number of aliphatic hydroxyl groups is 1. The van der Waals surface area contributed by atoms with Gasteiger partial charge in [0.25, 0.3) is 0 Å². The van der Waals surface area contributed by atoms with Crippen LogP contribution in [0.25, 0.3) is 0 Å². The maximum Gasteiger partial charge on any atom is 0.150 e. The van der Waals surface area contributed by atoms with E-state index in [0.29, 0.717) is 19.4 Å². The fourth-order valence-corrected chi connectivity index (χ4v) is 2.13. The van der Waals surface area contributed by atoms with Crippen LogP contribution >= 0.6 is 0 Å². The SMILES string of the molecule is CCCNCC(O)CCCS(=O)(=O)CC. The number of nitrogens with one attached hydrogen (secondary N) is 1. The summed E-state index contributed by atoms with van der Waals surface area (Å²) in [7, 11) is -2.87. The van der Waals surface area contributed by atoms with Crippen LogP contribution in [0.1, 0.15) is 33.1 Å². The van der Waals surface area contributed by atoms with Crippen molar-refractivity contribution < 1.29 is 13.5 Å². The summed E-state index contributed by atoms with van der Waals surface area (Å²) < 4.78 is 22.3. The van der Waals surface area contributed by atoms with Crippen molar-refractivity contribution in [2.45, 2.75) is 39.2 Å². The molecular weight excluding hydrogens is 214 g/mol. The summed E-state index contributed by atoms with van der Waals surface area (Å²) in [6.45, 7) is 5.16. The Balaban J connectivity index is 3.50. The van der Waals surface area contributed by atoms with Gasteiger partial charge in [0.15, 0.2) is 0 Å². The summed E-state index contributed by atoms with van der Waals surface area (Å²) in [5.74, 6) is 0.380. The summed E-state index contributed by atoms with van der Waals surface area (Å²) in [6.07, 6.45) is 1.71. The molecule has 92 valence electrons. The van der Waals surface area contributed by atoms with Gasteiger partial charge in [0.05, 0.1) is 11.9 Å². The van der Waals surface area contributed by atoms with Crippen LogP contribution in [0.3, 0.4) is 0 Å². The minimum absolute atomic E-state index is 0.189. The molecule has 2 N–H and O–H groups in total. The third-order valence-electron chi connectivity index (χ3n) is 2.24. The van der Waals surface area contributed by atoms with Gasteiger partial charge in [0.2, 0.25) is 0 Å². The van der Waals surface area contributed by atoms with Crippen molar-refractivity contribution in [3.63, 3.8) is 0 Å². The van der Waals surface area contributed by atoms with E-state index in [-0.39, 0.29) is 11.5 Å². The number of hydrogen-bond donors (Lipinski definition) is 2. The molecule has 0 saturated heterocycles. The van der Waals surface area contributed by atoms with Crippen molar-refractivity contribution in [3.05, 3.63) is 0 Å². The van der Waals surface area contributed by atoms with Gasteiger partial charge in [-0.05, 0) is 25.8 Å². The van der Waals surface area contributed by atoms with Gasteiger partial charge in [0, 0.05) is 12.3 Å². The van der Waals surface area contributed by atoms with Gasteiger partial charge in [-0.2, -0.15) is 0 Å². The van der Waals surface area contributed by atoms with Crippen LogP contribution in [0.2, 0.25) is 0 Å². The average molecular weight is 237 g/mol. The Morgan fingerprint density at radius 3 is 2.53 bits per heavy atom. The second kappa shape index (κ2) is 8.07. The first-order valence-corrected chi connectivity index (χ1v) is 7.43. The average Bonchev–Trinajstić information content (AvgIpc) is 2.18. The molecule has 0 rings (SSSR count). The molecule has 1 unspecified atom stereocenters. The van der Waals surface area contributed by atoms with E-state index >= 15 is 0 Å². The van der Waals surface area contributed by atoms with E-state index in [9.17, 15) is 13.5 Å². The van der Waals surface area contributed by atoms with Crippen molar-refractivity contribution in [1.82, 2.24) is 5.32 Å². The highest BCUT2D eigenvalue weighted by atomic mass is 32.2. The van der Waals surface area contributed by atoms with Gasteiger partial charge in [-0.3, -0.25) is 0 Å². The number of sulfone groups is 1. The standard InChI is InChI=1S/C10H23NO3S/c1-3-7-11-9-10(12)6-5-8-15(13,14)4-2/h10-12H,3-9H2,1-2H3. The Kier molecular flexibility index (Phi) is 8.00. The van der Waals surface area contributed by atoms with Crippen LogP contribution in [0, 0.1) is 0 Å². The molecule has 0 aromatic heterocycles. The molecule has 0 bridgehead atoms. The first-order valence-electron chi connectivity index (χ1n) is 5.61. The fraction of sp³-hybridized carbons (Fsp3) is 1.00. The monoisotopic (exact) mass is 237 g/mol. The smallest absolute Gasteiger partial charge is 0.150 e. The summed E-state index contributed by atoms with van der Waals surface area (Å²) in [5.41, 5.74) is 0. The molecule has 0 aliphatic carbocycles. The Morgan fingerprint density at radius 1 is 1.33 bits per heavy atom. The van der Waals surface area contributed by atoms with E-state index < -0.39 is 15.9 Å². The normalized spacial score (nSPS) is 14.1. The van der Waals surface area contributed by atoms with Crippen molar-refractivity contribution in [2.75, 3.05) is 24.6 Å². The molecule has 15 heavy (non-hydrogen) atoms. The predicted octanol–water partition coefficient (Wildman–Crippen LogP) is 0.562. The van der Waals surface area contributed by atoms with Crippen molar-refractivity contribution >= 4 is 9.84 Å². The largest absolute Gasteiger partial charge is 0.392 e. The predicted molar refractivity (Wildman–Crippen MR) is 62.7 cm³/mol. The van der Waals surface area contributed by atoms with E-state index in [1.807, 2.05) is 0 Å². The summed E-state index contributed by atoms with van der Waals surface area (Å²) in [4.78, 5) is 0. The van der Waals surface area contributed by atoms with Crippen molar-refractivity contribution in [2.24, 2.45) is 0 Å². The maximum absolute atomic E-state index is 11.1. The van der Waals surface area contributed by atoms with Gasteiger partial charge >= 0.3 is 0 Å². The highest BCUT2D eigenvalue weighted by Crippen LogP contribution is 2.00. The summed E-state index contributed by atoms with van der Waals surface area (Å²) in [5, 5.41) is 12.6. The van der Waals surface area contributed by atoms with E-state index in [4.69, 9.17) is 0 Å². The lowest BCUT2D eigenvalue weighted by Crippen LogP contribution is -2.27. The molecule has 0 heterocycles. The van der Waals surface area contributed by atoms with E-state index in [1.165, 1.54) is 0 Å². The van der Waals surface area contributed by atoms with E-state index in [2.05, 4.69) is 12.2 Å². The second-order valence-corrected chi connectivity index (χ2v) is 6.21. The molecule has 0 aliphatic rings. The number of rotatable bonds is 9. The Hall–Kier alpha value is -0.130. The lowest BCUT2D eigenvalue weighted by molar-refractivity contribution is 0.161. The molecule has 0 saturated carbocycles. The molecular formula is C10H23NO3S. The highest BCUT2D eigenvalue weighted by molar-refractivity contribution is 7.91. The van der Waals surface area contributed by atoms with Crippen molar-refractivity contribution in [3.8, 4) is 0 Å². The zero-order valence-corrected chi connectivity index (χ0v) is 10.5. The third-order valence-corrected chi connectivity index (χ3v) is 4.03. The van der Waals surface area contributed by atoms with E-state index in [0.717, 1.165) is 13.0 Å². The molecule has 0 aromatic rings. The van der Waals surface area contributed by atoms with Gasteiger partial charge < -0.3 is 10.4 Å². The molecule has 0 aliphatic heterocycles. The van der Waals surface area contributed by atoms with Gasteiger partial charge in [-0.25, -0.2) is 8.42 Å². The lowest BCUT2D eigenvalue weighted by Gasteiger charge is -2.10. The Labute approximate surface area is 93.0 Å². The quantitative estimate of drug-likeness (QED) is 0.575. The second-order valence-electron chi connectivity index (χ2n) is 3.74. The summed E-state index contributed by atoms with van der Waals surface area (Å²) >= 11 is 0. The fourth-order valence-electron chi connectivity index (χ4n) is 1.23. The number of aliphatic hydroxyl groups excluding tert-OH is 1. The van der Waals surface area contributed by atoms with Crippen LogP contribution < -0.4 is 5.32 Å². The van der Waals surface area contributed by atoms with Crippen molar-refractivity contribution in [1.29, 1.82) is 0 Å². The molecule has 0 radical (unpaired) electrons. The molecule has 0 spiro atoms. The zero-order valence-electron chi connectivity index (χ0n) is 9.70. The van der Waals surface area contributed by atoms with Crippen LogP contribution in [0.5, 0.6) is 0 Å². The molecule has 0 aromatic carbocycles. The molecule has 4 nitrogen and oxygen atoms in total. The van der Waals surface area contributed by atoms with Gasteiger partial charge in [-0.15, -0.1) is 0 Å². The van der Waals surface area contributed by atoms with Crippen LogP contribution in [0.15, 0.2) is 0 Å². The summed E-state index contributed by atoms with van der Waals surface area (Å²) in [6, 6.07) is 0.